The summed E-state index contributed by atoms with van der Waals surface area (Å²) in [4.78, 5) is 12.8. The summed E-state index contributed by atoms with van der Waals surface area (Å²) >= 11 is 3.38. The molecule has 0 aliphatic heterocycles. The van der Waals surface area contributed by atoms with Crippen LogP contribution < -0.4 is 5.56 Å². The van der Waals surface area contributed by atoms with Gasteiger partial charge in [0.05, 0.1) is 18.3 Å². The summed E-state index contributed by atoms with van der Waals surface area (Å²) in [5.74, 6) is -0.327. The van der Waals surface area contributed by atoms with Crippen molar-refractivity contribution in [3.8, 4) is 11.3 Å². The van der Waals surface area contributed by atoms with Crippen LogP contribution in [0.2, 0.25) is 0 Å². The number of hydrogen-bond donors (Lipinski definition) is 1. The molecular weight excluding hydrogens is 413 g/mol. The molecule has 7 heteroatoms. The van der Waals surface area contributed by atoms with E-state index in [1.165, 1.54) is 21.2 Å². The SMILES string of the molecule is O=c1c2cc(-c3ccc(F)cc3)nn2ccn1C[C@@H](O)c1cccc(Br)c1. The van der Waals surface area contributed by atoms with Crippen molar-refractivity contribution in [2.45, 2.75) is 12.6 Å². The quantitative estimate of drug-likeness (QED) is 0.538. The number of rotatable bonds is 4. The third-order valence-corrected chi connectivity index (χ3v) is 4.84. The maximum absolute atomic E-state index is 13.1. The molecule has 5 nitrogen and oxygen atoms in total. The summed E-state index contributed by atoms with van der Waals surface area (Å²) < 4.78 is 16.9. The molecule has 0 amide bonds. The minimum atomic E-state index is -0.817. The van der Waals surface area contributed by atoms with Gasteiger partial charge >= 0.3 is 0 Å². The van der Waals surface area contributed by atoms with E-state index in [1.54, 1.807) is 30.6 Å². The monoisotopic (exact) mass is 427 g/mol. The van der Waals surface area contributed by atoms with Gasteiger partial charge in [0.2, 0.25) is 0 Å². The van der Waals surface area contributed by atoms with E-state index < -0.39 is 6.10 Å². The van der Waals surface area contributed by atoms with Crippen LogP contribution in [-0.4, -0.2) is 19.3 Å². The summed E-state index contributed by atoms with van der Waals surface area (Å²) in [6.45, 7) is 0.128. The highest BCUT2D eigenvalue weighted by molar-refractivity contribution is 9.10. The molecular formula is C20H15BrFN3O2. The smallest absolute Gasteiger partial charge is 0.276 e. The molecule has 4 aromatic rings. The standard InChI is InChI=1S/C20H15BrFN3O2/c21-15-3-1-2-14(10-15)19(26)12-24-8-9-25-18(20(24)27)11-17(23-25)13-4-6-16(22)7-5-13/h1-11,19,26H,12H2/t19-/m1/s1. The number of aliphatic hydroxyl groups excluding tert-OH is 1. The van der Waals surface area contributed by atoms with Gasteiger partial charge < -0.3 is 9.67 Å². The van der Waals surface area contributed by atoms with Crippen molar-refractivity contribution in [1.82, 2.24) is 14.2 Å². The van der Waals surface area contributed by atoms with Crippen molar-refractivity contribution >= 4 is 21.4 Å². The molecule has 2 aromatic heterocycles. The third-order valence-electron chi connectivity index (χ3n) is 4.35. The lowest BCUT2D eigenvalue weighted by Gasteiger charge is -2.13. The molecule has 0 saturated heterocycles. The molecule has 0 saturated carbocycles. The number of hydrogen-bond acceptors (Lipinski definition) is 3. The predicted molar refractivity (Wildman–Crippen MR) is 104 cm³/mol. The minimum Gasteiger partial charge on any atom is -0.387 e. The Bertz CT molecular complexity index is 1170. The van der Waals surface area contributed by atoms with Crippen molar-refractivity contribution in [2.75, 3.05) is 0 Å². The van der Waals surface area contributed by atoms with E-state index in [9.17, 15) is 14.3 Å². The van der Waals surface area contributed by atoms with Crippen LogP contribution in [0.1, 0.15) is 11.7 Å². The van der Waals surface area contributed by atoms with Crippen LogP contribution in [0.25, 0.3) is 16.8 Å². The van der Waals surface area contributed by atoms with Crippen LogP contribution in [0.5, 0.6) is 0 Å². The van der Waals surface area contributed by atoms with Crippen LogP contribution >= 0.6 is 15.9 Å². The number of aromatic nitrogens is 3. The lowest BCUT2D eigenvalue weighted by atomic mass is 10.1. The fraction of sp³-hybridized carbons (Fsp3) is 0.100. The van der Waals surface area contributed by atoms with E-state index in [0.717, 1.165) is 15.6 Å². The molecule has 136 valence electrons. The van der Waals surface area contributed by atoms with Gasteiger partial charge in [-0.3, -0.25) is 4.79 Å². The highest BCUT2D eigenvalue weighted by atomic mass is 79.9. The van der Waals surface area contributed by atoms with Gasteiger partial charge in [-0.15, -0.1) is 0 Å². The maximum atomic E-state index is 13.1. The van der Waals surface area contributed by atoms with Gasteiger partial charge in [0, 0.05) is 22.4 Å². The fourth-order valence-electron chi connectivity index (χ4n) is 2.94. The van der Waals surface area contributed by atoms with Crippen LogP contribution in [0, 0.1) is 5.82 Å². The van der Waals surface area contributed by atoms with Gasteiger partial charge in [0.1, 0.15) is 11.3 Å². The topological polar surface area (TPSA) is 59.5 Å². The van der Waals surface area contributed by atoms with Crippen molar-refractivity contribution in [2.24, 2.45) is 0 Å². The zero-order chi connectivity index (χ0) is 19.0. The van der Waals surface area contributed by atoms with E-state index in [2.05, 4.69) is 21.0 Å². The first-order valence-corrected chi connectivity index (χ1v) is 9.09. The number of aliphatic hydroxyl groups is 1. The van der Waals surface area contributed by atoms with Crippen LogP contribution in [-0.2, 0) is 6.54 Å². The molecule has 0 unspecified atom stereocenters. The van der Waals surface area contributed by atoms with E-state index >= 15 is 0 Å². The van der Waals surface area contributed by atoms with Gasteiger partial charge in [-0.25, -0.2) is 8.91 Å². The first kappa shape index (κ1) is 17.6. The van der Waals surface area contributed by atoms with E-state index in [4.69, 9.17) is 0 Å². The van der Waals surface area contributed by atoms with E-state index in [0.29, 0.717) is 11.2 Å². The molecule has 4 rings (SSSR count). The average molecular weight is 428 g/mol. The Hall–Kier alpha value is -2.77. The first-order chi connectivity index (χ1) is 13.0. The Morgan fingerprint density at radius 2 is 1.89 bits per heavy atom. The van der Waals surface area contributed by atoms with E-state index in [-0.39, 0.29) is 17.9 Å². The first-order valence-electron chi connectivity index (χ1n) is 8.29. The van der Waals surface area contributed by atoms with Crippen LogP contribution in [0.3, 0.4) is 0 Å². The minimum absolute atomic E-state index is 0.128. The molecule has 1 N–H and O–H groups in total. The Morgan fingerprint density at radius 1 is 1.11 bits per heavy atom. The zero-order valence-electron chi connectivity index (χ0n) is 14.1. The zero-order valence-corrected chi connectivity index (χ0v) is 15.7. The van der Waals surface area contributed by atoms with Crippen molar-refractivity contribution in [3.05, 3.63) is 93.2 Å². The lowest BCUT2D eigenvalue weighted by Crippen LogP contribution is -2.24. The lowest BCUT2D eigenvalue weighted by molar-refractivity contribution is 0.155. The predicted octanol–water partition coefficient (Wildman–Crippen LogP) is 3.80. The Labute approximate surface area is 162 Å². The normalized spacial score (nSPS) is 12.4. The molecule has 0 fully saturated rings. The summed E-state index contributed by atoms with van der Waals surface area (Å²) in [6, 6.07) is 14.9. The Kier molecular flexibility index (Phi) is 4.63. The summed E-state index contributed by atoms with van der Waals surface area (Å²) in [6.07, 6.45) is 2.44. The maximum Gasteiger partial charge on any atom is 0.276 e. The van der Waals surface area contributed by atoms with E-state index in [1.807, 2.05) is 24.3 Å². The van der Waals surface area contributed by atoms with Crippen molar-refractivity contribution in [3.63, 3.8) is 0 Å². The number of benzene rings is 2. The number of nitrogens with zero attached hydrogens (tertiary/aromatic N) is 3. The Morgan fingerprint density at radius 3 is 2.63 bits per heavy atom. The molecule has 0 radical (unpaired) electrons. The summed E-state index contributed by atoms with van der Waals surface area (Å²) in [5.41, 5.74) is 2.15. The third kappa shape index (κ3) is 3.56. The van der Waals surface area contributed by atoms with Crippen LogP contribution in [0.15, 0.2) is 76.3 Å². The second-order valence-electron chi connectivity index (χ2n) is 6.19. The molecule has 1 atom stereocenters. The summed E-state index contributed by atoms with van der Waals surface area (Å²) in [5, 5.41) is 14.8. The molecule has 0 bridgehead atoms. The largest absolute Gasteiger partial charge is 0.387 e. The van der Waals surface area contributed by atoms with Crippen molar-refractivity contribution in [1.29, 1.82) is 0 Å². The van der Waals surface area contributed by atoms with Gasteiger partial charge in [-0.05, 0) is 48.0 Å². The van der Waals surface area contributed by atoms with Gasteiger partial charge in [0.15, 0.2) is 0 Å². The molecule has 27 heavy (non-hydrogen) atoms. The van der Waals surface area contributed by atoms with Crippen molar-refractivity contribution < 1.29 is 9.50 Å². The van der Waals surface area contributed by atoms with Crippen LogP contribution in [0.4, 0.5) is 4.39 Å². The molecule has 0 spiro atoms. The fourth-order valence-corrected chi connectivity index (χ4v) is 3.35. The molecule has 0 aliphatic carbocycles. The second-order valence-corrected chi connectivity index (χ2v) is 7.11. The number of halogens is 2. The highest BCUT2D eigenvalue weighted by Crippen LogP contribution is 2.21. The molecule has 2 aromatic carbocycles. The molecule has 2 heterocycles. The van der Waals surface area contributed by atoms with Gasteiger partial charge in [0.25, 0.3) is 5.56 Å². The Balaban J connectivity index is 1.68. The van der Waals surface area contributed by atoms with Gasteiger partial charge in [-0.1, -0.05) is 28.1 Å². The second kappa shape index (κ2) is 7.09. The van der Waals surface area contributed by atoms with Gasteiger partial charge in [-0.2, -0.15) is 5.10 Å². The number of fused-ring (bicyclic) bond motifs is 1. The average Bonchev–Trinajstić information content (AvgIpc) is 3.10. The molecule has 0 aliphatic rings. The highest BCUT2D eigenvalue weighted by Gasteiger charge is 2.13. The summed E-state index contributed by atoms with van der Waals surface area (Å²) in [7, 11) is 0.